The van der Waals surface area contributed by atoms with Crippen molar-refractivity contribution in [2.45, 2.75) is 32.6 Å². The number of hydrogen-bond donors (Lipinski definition) is 0. The van der Waals surface area contributed by atoms with Crippen LogP contribution in [0, 0.1) is 52.8 Å². The summed E-state index contributed by atoms with van der Waals surface area (Å²) in [7, 11) is 0. The molecular formula is C31H21F5. The van der Waals surface area contributed by atoms with Crippen LogP contribution in [0.4, 0.5) is 22.0 Å². The van der Waals surface area contributed by atoms with E-state index in [0.29, 0.717) is 22.9 Å². The number of unbranched alkanes of at least 4 members (excludes halogenated alkanes) is 2. The third-order valence-electron chi connectivity index (χ3n) is 5.72. The maximum absolute atomic E-state index is 14.6. The van der Waals surface area contributed by atoms with Crippen LogP contribution in [0.1, 0.15) is 54.0 Å². The fourth-order valence-electron chi connectivity index (χ4n) is 3.78. The molecule has 0 bridgehead atoms. The quantitative estimate of drug-likeness (QED) is 0.155. The number of aryl methyl sites for hydroxylation is 1. The summed E-state index contributed by atoms with van der Waals surface area (Å²) in [6.07, 6.45) is 3.45. The van der Waals surface area contributed by atoms with E-state index in [0.717, 1.165) is 31.4 Å². The van der Waals surface area contributed by atoms with E-state index in [4.69, 9.17) is 0 Å². The lowest BCUT2D eigenvalue weighted by Gasteiger charge is -2.04. The fourth-order valence-corrected chi connectivity index (χ4v) is 3.78. The first-order valence-corrected chi connectivity index (χ1v) is 11.5. The number of rotatable bonds is 4. The SMILES string of the molecule is CCCCCc1cc(F)c(C#Cc2ccc(C#Cc3ccc4c(F)c(F)ccc4c3)c(F)c2)c(F)c1. The maximum atomic E-state index is 14.6. The standard InChI is InChI=1S/C31H21F5/c1-2-3-4-5-22-18-29(34)26(30(35)19-22)14-9-21-7-11-23(28(33)17-21)10-6-20-8-13-25-24(16-20)12-15-27(32)31(25)36/h7-8,11-13,15-19H,2-5H2,1H3. The summed E-state index contributed by atoms with van der Waals surface area (Å²) in [5, 5.41) is 0.605. The van der Waals surface area contributed by atoms with E-state index < -0.39 is 29.1 Å². The Kier molecular flexibility index (Phi) is 7.71. The Morgan fingerprint density at radius 1 is 0.611 bits per heavy atom. The zero-order chi connectivity index (χ0) is 25.7. The topological polar surface area (TPSA) is 0 Å². The van der Waals surface area contributed by atoms with E-state index in [9.17, 15) is 22.0 Å². The summed E-state index contributed by atoms with van der Waals surface area (Å²) in [5.41, 5.74) is 1.07. The summed E-state index contributed by atoms with van der Waals surface area (Å²) >= 11 is 0. The Morgan fingerprint density at radius 2 is 1.31 bits per heavy atom. The highest BCUT2D eigenvalue weighted by molar-refractivity contribution is 5.84. The van der Waals surface area contributed by atoms with Gasteiger partial charge in [-0.05, 0) is 72.3 Å². The molecule has 0 amide bonds. The number of benzene rings is 4. The second kappa shape index (κ2) is 11.1. The van der Waals surface area contributed by atoms with Crippen molar-refractivity contribution in [1.29, 1.82) is 0 Å². The van der Waals surface area contributed by atoms with Crippen molar-refractivity contribution < 1.29 is 22.0 Å². The molecule has 0 unspecified atom stereocenters. The van der Waals surface area contributed by atoms with E-state index in [-0.39, 0.29) is 22.1 Å². The van der Waals surface area contributed by atoms with Gasteiger partial charge in [-0.2, -0.15) is 0 Å². The molecule has 0 spiro atoms. The lowest BCUT2D eigenvalue weighted by atomic mass is 10.0. The highest BCUT2D eigenvalue weighted by atomic mass is 19.2. The molecule has 0 heterocycles. The molecule has 0 fully saturated rings. The third kappa shape index (κ3) is 5.75. The van der Waals surface area contributed by atoms with Gasteiger partial charge in [-0.3, -0.25) is 0 Å². The molecule has 0 N–H and O–H groups in total. The fraction of sp³-hybridized carbons (Fsp3) is 0.161. The Hall–Kier alpha value is -4.09. The Morgan fingerprint density at radius 3 is 2.03 bits per heavy atom. The Balaban J connectivity index is 1.53. The van der Waals surface area contributed by atoms with Crippen LogP contribution >= 0.6 is 0 Å². The van der Waals surface area contributed by atoms with E-state index >= 15 is 0 Å². The van der Waals surface area contributed by atoms with Crippen LogP contribution in [-0.2, 0) is 6.42 Å². The Bertz CT molecular complexity index is 1540. The molecule has 4 rings (SSSR count). The predicted molar refractivity (Wildman–Crippen MR) is 132 cm³/mol. The summed E-state index contributed by atoms with van der Waals surface area (Å²) in [6, 6.07) is 13.7. The van der Waals surface area contributed by atoms with Gasteiger partial charge in [0.2, 0.25) is 0 Å². The van der Waals surface area contributed by atoms with Crippen molar-refractivity contribution in [1.82, 2.24) is 0 Å². The van der Waals surface area contributed by atoms with Crippen molar-refractivity contribution in [3.05, 3.63) is 118 Å². The van der Waals surface area contributed by atoms with E-state index in [1.165, 1.54) is 42.5 Å². The molecular weight excluding hydrogens is 467 g/mol. The van der Waals surface area contributed by atoms with E-state index in [1.807, 2.05) is 0 Å². The highest BCUT2D eigenvalue weighted by Crippen LogP contribution is 2.22. The molecule has 0 radical (unpaired) electrons. The van der Waals surface area contributed by atoms with Crippen LogP contribution < -0.4 is 0 Å². The van der Waals surface area contributed by atoms with Crippen molar-refractivity contribution in [2.75, 3.05) is 0 Å². The first kappa shape index (κ1) is 25.0. The van der Waals surface area contributed by atoms with Crippen molar-refractivity contribution >= 4 is 10.8 Å². The first-order valence-electron chi connectivity index (χ1n) is 11.5. The van der Waals surface area contributed by atoms with Crippen LogP contribution in [0.15, 0.2) is 60.7 Å². The van der Waals surface area contributed by atoms with Gasteiger partial charge in [0.05, 0.1) is 11.1 Å². The van der Waals surface area contributed by atoms with Crippen molar-refractivity contribution in [3.63, 3.8) is 0 Å². The van der Waals surface area contributed by atoms with Crippen molar-refractivity contribution in [2.24, 2.45) is 0 Å². The number of hydrogen-bond acceptors (Lipinski definition) is 0. The normalized spacial score (nSPS) is 10.5. The van der Waals surface area contributed by atoms with E-state index in [2.05, 4.69) is 30.6 Å². The average Bonchev–Trinajstić information content (AvgIpc) is 2.85. The van der Waals surface area contributed by atoms with Gasteiger partial charge in [-0.25, -0.2) is 22.0 Å². The molecule has 0 atom stereocenters. The van der Waals surface area contributed by atoms with Gasteiger partial charge in [0.1, 0.15) is 17.5 Å². The van der Waals surface area contributed by atoms with E-state index in [1.54, 1.807) is 6.07 Å². The molecule has 0 saturated carbocycles. The molecule has 0 saturated heterocycles. The summed E-state index contributed by atoms with van der Waals surface area (Å²) in [5.74, 6) is 6.58. The summed E-state index contributed by atoms with van der Waals surface area (Å²) < 4.78 is 70.6. The minimum Gasteiger partial charge on any atom is -0.206 e. The van der Waals surface area contributed by atoms with Crippen LogP contribution in [0.3, 0.4) is 0 Å². The van der Waals surface area contributed by atoms with Gasteiger partial charge in [0, 0.05) is 16.5 Å². The third-order valence-corrected chi connectivity index (χ3v) is 5.72. The lowest BCUT2D eigenvalue weighted by Crippen LogP contribution is -1.95. The second-order valence-corrected chi connectivity index (χ2v) is 8.38. The minimum atomic E-state index is -0.934. The zero-order valence-corrected chi connectivity index (χ0v) is 19.5. The summed E-state index contributed by atoms with van der Waals surface area (Å²) in [6.45, 7) is 2.06. The molecule has 5 heteroatoms. The predicted octanol–water partition coefficient (Wildman–Crippen LogP) is 8.07. The molecule has 0 aliphatic heterocycles. The van der Waals surface area contributed by atoms with Gasteiger partial charge < -0.3 is 0 Å². The second-order valence-electron chi connectivity index (χ2n) is 8.38. The van der Waals surface area contributed by atoms with Gasteiger partial charge in [-0.15, -0.1) is 0 Å². The first-order chi connectivity index (χ1) is 17.4. The van der Waals surface area contributed by atoms with Crippen molar-refractivity contribution in [3.8, 4) is 23.7 Å². The largest absolute Gasteiger partial charge is 0.206 e. The molecule has 0 aliphatic rings. The molecule has 36 heavy (non-hydrogen) atoms. The smallest absolute Gasteiger partial charge is 0.166 e. The van der Waals surface area contributed by atoms with Gasteiger partial charge in [0.25, 0.3) is 0 Å². The molecule has 0 aliphatic carbocycles. The molecule has 0 aromatic heterocycles. The van der Waals surface area contributed by atoms with Crippen LogP contribution in [-0.4, -0.2) is 0 Å². The number of fused-ring (bicyclic) bond motifs is 1. The lowest BCUT2D eigenvalue weighted by molar-refractivity contribution is 0.517. The summed E-state index contributed by atoms with van der Waals surface area (Å²) in [4.78, 5) is 0. The highest BCUT2D eigenvalue weighted by Gasteiger charge is 2.10. The van der Waals surface area contributed by atoms with Gasteiger partial charge in [-0.1, -0.05) is 55.6 Å². The average molecular weight is 488 g/mol. The zero-order valence-electron chi connectivity index (χ0n) is 19.5. The monoisotopic (exact) mass is 488 g/mol. The number of halogens is 5. The van der Waals surface area contributed by atoms with Crippen LogP contribution in [0.2, 0.25) is 0 Å². The molecule has 4 aromatic carbocycles. The van der Waals surface area contributed by atoms with Crippen LogP contribution in [0.25, 0.3) is 10.8 Å². The van der Waals surface area contributed by atoms with Gasteiger partial charge in [0.15, 0.2) is 11.6 Å². The molecule has 0 nitrogen and oxygen atoms in total. The molecule has 4 aromatic rings. The maximum Gasteiger partial charge on any atom is 0.166 e. The Labute approximate surface area is 206 Å². The van der Waals surface area contributed by atoms with Gasteiger partial charge >= 0.3 is 0 Å². The minimum absolute atomic E-state index is 0.0970. The van der Waals surface area contributed by atoms with Crippen LogP contribution in [0.5, 0.6) is 0 Å². The molecule has 180 valence electrons.